The monoisotopic (exact) mass is 372 g/mol. The van der Waals surface area contributed by atoms with Crippen LogP contribution in [0.15, 0.2) is 24.3 Å². The van der Waals surface area contributed by atoms with Crippen molar-refractivity contribution in [1.29, 1.82) is 0 Å². The molecule has 1 heterocycles. The minimum atomic E-state index is -3.60. The summed E-state index contributed by atoms with van der Waals surface area (Å²) in [7, 11) is -2.03. The lowest BCUT2D eigenvalue weighted by atomic mass is 9.97. The summed E-state index contributed by atoms with van der Waals surface area (Å²) >= 11 is 0. The molecule has 1 amide bonds. The van der Waals surface area contributed by atoms with Crippen LogP contribution in [0, 0.1) is 11.7 Å². The molecule has 140 valence electrons. The van der Waals surface area contributed by atoms with Crippen LogP contribution in [0.1, 0.15) is 25.3 Å². The zero-order chi connectivity index (χ0) is 18.4. The third-order valence-corrected chi connectivity index (χ3v) is 6.15. The highest BCUT2D eigenvalue weighted by atomic mass is 32.2. The highest BCUT2D eigenvalue weighted by Gasteiger charge is 2.31. The number of nitrogens with zero attached hydrogens (tertiary/aromatic N) is 1. The van der Waals surface area contributed by atoms with Gasteiger partial charge in [0.25, 0.3) is 0 Å². The molecule has 0 spiro atoms. The minimum absolute atomic E-state index is 0.0734. The third-order valence-electron chi connectivity index (χ3n) is 4.32. The molecular weight excluding hydrogens is 347 g/mol. The van der Waals surface area contributed by atoms with Crippen molar-refractivity contribution in [2.75, 3.05) is 26.8 Å². The fraction of sp³-hybridized carbons (Fsp3) is 0.588. The van der Waals surface area contributed by atoms with E-state index in [0.717, 1.165) is 0 Å². The Morgan fingerprint density at radius 2 is 2.00 bits per heavy atom. The van der Waals surface area contributed by atoms with Crippen molar-refractivity contribution in [2.45, 2.75) is 31.6 Å². The summed E-state index contributed by atoms with van der Waals surface area (Å²) in [5, 5.41) is 2.87. The fourth-order valence-electron chi connectivity index (χ4n) is 2.95. The first kappa shape index (κ1) is 19.8. The normalized spacial score (nSPS) is 18.0. The second-order valence-corrected chi connectivity index (χ2v) is 8.35. The van der Waals surface area contributed by atoms with Crippen molar-refractivity contribution in [2.24, 2.45) is 5.92 Å². The van der Waals surface area contributed by atoms with E-state index in [4.69, 9.17) is 4.74 Å². The molecule has 0 unspecified atom stereocenters. The van der Waals surface area contributed by atoms with Gasteiger partial charge in [0, 0.05) is 37.7 Å². The third kappa shape index (κ3) is 5.49. The van der Waals surface area contributed by atoms with Crippen LogP contribution in [-0.2, 0) is 25.3 Å². The number of carbonyl (C=O) groups excluding carboxylic acids is 1. The molecule has 1 aromatic carbocycles. The van der Waals surface area contributed by atoms with Crippen molar-refractivity contribution in [1.82, 2.24) is 9.62 Å². The molecule has 6 nitrogen and oxygen atoms in total. The quantitative estimate of drug-likeness (QED) is 0.787. The number of benzene rings is 1. The predicted octanol–water partition coefficient (Wildman–Crippen LogP) is 1.52. The number of hydrogen-bond donors (Lipinski definition) is 1. The van der Waals surface area contributed by atoms with E-state index in [1.807, 2.05) is 6.92 Å². The number of nitrogens with one attached hydrogen (secondary N) is 1. The first-order valence-corrected chi connectivity index (χ1v) is 9.95. The predicted molar refractivity (Wildman–Crippen MR) is 92.8 cm³/mol. The van der Waals surface area contributed by atoms with E-state index in [-0.39, 0.29) is 42.3 Å². The summed E-state index contributed by atoms with van der Waals surface area (Å²) in [5.41, 5.74) is 0.163. The van der Waals surface area contributed by atoms with Crippen LogP contribution in [0.25, 0.3) is 0 Å². The van der Waals surface area contributed by atoms with Gasteiger partial charge in [0.2, 0.25) is 15.9 Å². The molecule has 1 N–H and O–H groups in total. The van der Waals surface area contributed by atoms with Gasteiger partial charge in [-0.15, -0.1) is 0 Å². The maximum Gasteiger partial charge on any atom is 0.223 e. The summed E-state index contributed by atoms with van der Waals surface area (Å²) in [5.74, 6) is -1.16. The Morgan fingerprint density at radius 3 is 2.60 bits per heavy atom. The van der Waals surface area contributed by atoms with Gasteiger partial charge in [0.15, 0.2) is 0 Å². The number of piperidine rings is 1. The lowest BCUT2D eigenvalue weighted by molar-refractivity contribution is -0.127. The molecule has 2 rings (SSSR count). The molecule has 1 aliphatic rings. The molecule has 0 bridgehead atoms. The summed E-state index contributed by atoms with van der Waals surface area (Å²) in [4.78, 5) is 12.2. The topological polar surface area (TPSA) is 75.7 Å². The van der Waals surface area contributed by atoms with Gasteiger partial charge in [-0.25, -0.2) is 17.1 Å². The fourth-order valence-corrected chi connectivity index (χ4v) is 4.53. The van der Waals surface area contributed by atoms with E-state index in [1.165, 1.54) is 22.5 Å². The molecular formula is C17H25FN2O4S. The maximum absolute atomic E-state index is 13.7. The first-order valence-electron chi connectivity index (χ1n) is 8.34. The van der Waals surface area contributed by atoms with Gasteiger partial charge in [-0.2, -0.15) is 0 Å². The van der Waals surface area contributed by atoms with Crippen molar-refractivity contribution in [3.8, 4) is 0 Å². The van der Waals surface area contributed by atoms with E-state index in [9.17, 15) is 17.6 Å². The van der Waals surface area contributed by atoms with Gasteiger partial charge in [0.05, 0.1) is 12.4 Å². The molecule has 8 heteroatoms. The second-order valence-electron chi connectivity index (χ2n) is 6.39. The van der Waals surface area contributed by atoms with Crippen LogP contribution in [0.5, 0.6) is 0 Å². The smallest absolute Gasteiger partial charge is 0.223 e. The van der Waals surface area contributed by atoms with Gasteiger partial charge in [-0.05, 0) is 25.8 Å². The van der Waals surface area contributed by atoms with Gasteiger partial charge in [-0.1, -0.05) is 18.2 Å². The van der Waals surface area contributed by atoms with Crippen molar-refractivity contribution in [3.63, 3.8) is 0 Å². The number of carbonyl (C=O) groups is 1. The summed E-state index contributed by atoms with van der Waals surface area (Å²) in [6, 6.07) is 5.79. The van der Waals surface area contributed by atoms with E-state index in [0.29, 0.717) is 19.4 Å². The molecule has 1 atom stereocenters. The van der Waals surface area contributed by atoms with Crippen LogP contribution < -0.4 is 5.32 Å². The molecule has 1 fully saturated rings. The Bertz CT molecular complexity index is 688. The molecule has 1 aliphatic heterocycles. The molecule has 25 heavy (non-hydrogen) atoms. The molecule has 0 saturated carbocycles. The van der Waals surface area contributed by atoms with Crippen molar-refractivity contribution >= 4 is 15.9 Å². The molecule has 1 aromatic rings. The van der Waals surface area contributed by atoms with Crippen LogP contribution in [0.2, 0.25) is 0 Å². The Morgan fingerprint density at radius 1 is 1.36 bits per heavy atom. The summed E-state index contributed by atoms with van der Waals surface area (Å²) < 4.78 is 45.0. The van der Waals surface area contributed by atoms with Crippen LogP contribution in [0.4, 0.5) is 4.39 Å². The maximum atomic E-state index is 13.7. The number of amides is 1. The van der Waals surface area contributed by atoms with Crippen molar-refractivity contribution in [3.05, 3.63) is 35.6 Å². The summed E-state index contributed by atoms with van der Waals surface area (Å²) in [6.07, 6.45) is 0.921. The largest absolute Gasteiger partial charge is 0.383 e. The van der Waals surface area contributed by atoms with Crippen LogP contribution >= 0.6 is 0 Å². The van der Waals surface area contributed by atoms with E-state index >= 15 is 0 Å². The average Bonchev–Trinajstić information content (AvgIpc) is 2.57. The first-order chi connectivity index (χ1) is 11.8. The number of ether oxygens (including phenoxy) is 1. The van der Waals surface area contributed by atoms with Crippen LogP contribution in [-0.4, -0.2) is 51.5 Å². The van der Waals surface area contributed by atoms with E-state index < -0.39 is 15.8 Å². The highest BCUT2D eigenvalue weighted by Crippen LogP contribution is 2.22. The molecule has 1 saturated heterocycles. The number of hydrogen-bond acceptors (Lipinski definition) is 4. The number of methoxy groups -OCH3 is 1. The Labute approximate surface area is 148 Å². The lowest BCUT2D eigenvalue weighted by Crippen LogP contribution is -2.45. The van der Waals surface area contributed by atoms with Gasteiger partial charge < -0.3 is 10.1 Å². The van der Waals surface area contributed by atoms with Crippen LogP contribution in [0.3, 0.4) is 0 Å². The van der Waals surface area contributed by atoms with Gasteiger partial charge >= 0.3 is 0 Å². The zero-order valence-electron chi connectivity index (χ0n) is 14.6. The average molecular weight is 372 g/mol. The molecule has 0 aromatic heterocycles. The highest BCUT2D eigenvalue weighted by molar-refractivity contribution is 7.88. The Kier molecular flexibility index (Phi) is 6.92. The molecule has 0 aliphatic carbocycles. The Balaban J connectivity index is 1.90. The number of halogens is 1. The standard InChI is InChI=1S/C17H25FN2O4S/c1-13(11-24-2)19-17(21)14-7-9-20(10-8-14)25(22,23)12-15-5-3-4-6-16(15)18/h3-6,13-14H,7-12H2,1-2H3,(H,19,21)/t13-/m0/s1. The van der Waals surface area contributed by atoms with Gasteiger partial charge in [0.1, 0.15) is 5.82 Å². The lowest BCUT2D eigenvalue weighted by Gasteiger charge is -2.31. The second kappa shape index (κ2) is 8.73. The Hall–Kier alpha value is -1.51. The van der Waals surface area contributed by atoms with E-state index in [2.05, 4.69) is 5.32 Å². The van der Waals surface area contributed by atoms with Crippen molar-refractivity contribution < 1.29 is 22.3 Å². The number of rotatable bonds is 7. The minimum Gasteiger partial charge on any atom is -0.383 e. The van der Waals surface area contributed by atoms with Gasteiger partial charge in [-0.3, -0.25) is 4.79 Å². The number of sulfonamides is 1. The zero-order valence-corrected chi connectivity index (χ0v) is 15.4. The van der Waals surface area contributed by atoms with E-state index in [1.54, 1.807) is 13.2 Å². The summed E-state index contributed by atoms with van der Waals surface area (Å²) in [6.45, 7) is 2.83. The molecule has 0 radical (unpaired) electrons. The SMILES string of the molecule is COC[C@H](C)NC(=O)C1CCN(S(=O)(=O)Cc2ccccc2F)CC1.